The first-order valence-electron chi connectivity index (χ1n) is 8.38. The molecule has 0 aliphatic carbocycles. The number of hydrogen-bond donors (Lipinski definition) is 1. The van der Waals surface area contributed by atoms with Crippen LogP contribution in [0.1, 0.15) is 0 Å². The van der Waals surface area contributed by atoms with Gasteiger partial charge in [0.2, 0.25) is 0 Å². The molecule has 0 saturated heterocycles. The lowest BCUT2D eigenvalue weighted by Crippen LogP contribution is -2.17. The monoisotopic (exact) mass is 337 g/mol. The van der Waals surface area contributed by atoms with Crippen molar-refractivity contribution in [3.8, 4) is 39.4 Å². The maximum atomic E-state index is 10.4. The fraction of sp³-hybridized carbons (Fsp3) is 0. The van der Waals surface area contributed by atoms with Gasteiger partial charge >= 0.3 is 0 Å². The van der Waals surface area contributed by atoms with Gasteiger partial charge in [-0.15, -0.1) is 0 Å². The number of hydrogen-bond acceptors (Lipinski definition) is 4. The highest BCUT2D eigenvalue weighted by atomic mass is 16.3. The molecule has 4 nitrogen and oxygen atoms in total. The molecule has 0 amide bonds. The summed E-state index contributed by atoms with van der Waals surface area (Å²) in [7, 11) is 1.93. The third-order valence-corrected chi connectivity index (χ3v) is 4.29. The number of rotatable bonds is 3. The highest BCUT2D eigenvalue weighted by Gasteiger charge is 2.20. The van der Waals surface area contributed by atoms with Gasteiger partial charge in [-0.2, -0.15) is 10.2 Å². The van der Waals surface area contributed by atoms with Gasteiger partial charge in [0.05, 0.1) is 5.69 Å². The third kappa shape index (κ3) is 2.84. The van der Waals surface area contributed by atoms with Gasteiger partial charge in [-0.25, -0.2) is 0 Å². The van der Waals surface area contributed by atoms with Crippen LogP contribution in [0.4, 0.5) is 0 Å². The molecule has 2 aromatic heterocycles. The van der Waals surface area contributed by atoms with Crippen molar-refractivity contribution in [1.82, 2.24) is 15.2 Å². The van der Waals surface area contributed by atoms with Gasteiger partial charge in [-0.1, -0.05) is 48.5 Å². The van der Waals surface area contributed by atoms with Crippen molar-refractivity contribution in [3.05, 3.63) is 79.0 Å². The number of phenols is 1. The van der Waals surface area contributed by atoms with E-state index in [9.17, 15) is 5.11 Å². The lowest BCUT2D eigenvalue weighted by atomic mass is 9.86. The van der Waals surface area contributed by atoms with Crippen molar-refractivity contribution in [2.75, 3.05) is 0 Å². The first-order chi connectivity index (χ1) is 12.8. The molecule has 4 rings (SSSR count). The number of nitrogens with zero attached hydrogens (tertiary/aromatic N) is 3. The Morgan fingerprint density at radius 3 is 2.19 bits per heavy atom. The van der Waals surface area contributed by atoms with Crippen LogP contribution in [0, 0.1) is 0 Å². The summed E-state index contributed by atoms with van der Waals surface area (Å²) in [6.45, 7) is 0. The Balaban J connectivity index is 2.10. The SMILES string of the molecule is Bc1nnc(-c2ccccc2O)c(-c2ccccc2)c1-c1ccccn1. The van der Waals surface area contributed by atoms with E-state index in [2.05, 4.69) is 15.2 Å². The lowest BCUT2D eigenvalue weighted by molar-refractivity contribution is 0.477. The van der Waals surface area contributed by atoms with Gasteiger partial charge in [0.15, 0.2) is 7.85 Å². The second kappa shape index (κ2) is 6.80. The Morgan fingerprint density at radius 1 is 0.731 bits per heavy atom. The number of pyridine rings is 1. The summed E-state index contributed by atoms with van der Waals surface area (Å²) in [5, 5.41) is 19.2. The van der Waals surface area contributed by atoms with Crippen molar-refractivity contribution in [1.29, 1.82) is 0 Å². The van der Waals surface area contributed by atoms with Gasteiger partial charge in [0.1, 0.15) is 11.4 Å². The first-order valence-corrected chi connectivity index (χ1v) is 8.38. The van der Waals surface area contributed by atoms with Crippen LogP contribution in [0.2, 0.25) is 0 Å². The molecule has 0 aliphatic heterocycles. The van der Waals surface area contributed by atoms with Gasteiger partial charge in [-0.05, 0) is 29.8 Å². The minimum absolute atomic E-state index is 0.176. The standard InChI is InChI=1S/C21H16BN3O/c22-21-19(16-11-6-7-13-23-16)18(14-8-2-1-3-9-14)20(24-25-21)15-10-4-5-12-17(15)26/h1-13,26H,22H2. The van der Waals surface area contributed by atoms with Crippen molar-refractivity contribution >= 4 is 13.4 Å². The molecule has 2 aromatic carbocycles. The quantitative estimate of drug-likeness (QED) is 0.584. The van der Waals surface area contributed by atoms with Crippen LogP contribution in [0.3, 0.4) is 0 Å². The fourth-order valence-electron chi connectivity index (χ4n) is 3.10. The number of aromatic hydroxyl groups is 1. The topological polar surface area (TPSA) is 58.9 Å². The first kappa shape index (κ1) is 16.0. The highest BCUT2D eigenvalue weighted by molar-refractivity contribution is 6.35. The maximum Gasteiger partial charge on any atom is 0.167 e. The van der Waals surface area contributed by atoms with E-state index >= 15 is 0 Å². The molecule has 5 heteroatoms. The smallest absolute Gasteiger partial charge is 0.167 e. The van der Waals surface area contributed by atoms with E-state index in [-0.39, 0.29) is 5.75 Å². The highest BCUT2D eigenvalue weighted by Crippen LogP contribution is 2.39. The van der Waals surface area contributed by atoms with Gasteiger partial charge in [-0.3, -0.25) is 4.98 Å². The molecule has 4 aromatic rings. The Morgan fingerprint density at radius 2 is 1.46 bits per heavy atom. The molecular weight excluding hydrogens is 321 g/mol. The van der Waals surface area contributed by atoms with E-state index in [4.69, 9.17) is 0 Å². The van der Waals surface area contributed by atoms with Crippen LogP contribution in [-0.4, -0.2) is 28.1 Å². The molecule has 1 N–H and O–H groups in total. The van der Waals surface area contributed by atoms with E-state index in [0.717, 1.165) is 28.0 Å². The van der Waals surface area contributed by atoms with Crippen LogP contribution < -0.4 is 5.59 Å². The molecule has 0 bridgehead atoms. The average molecular weight is 337 g/mol. The molecule has 0 spiro atoms. The number of para-hydroxylation sites is 1. The predicted octanol–water partition coefficient (Wildman–Crippen LogP) is 2.84. The lowest BCUT2D eigenvalue weighted by Gasteiger charge is -2.16. The van der Waals surface area contributed by atoms with E-state index in [1.807, 2.05) is 68.5 Å². The van der Waals surface area contributed by atoms with E-state index in [1.165, 1.54) is 0 Å². The zero-order valence-electron chi connectivity index (χ0n) is 14.3. The largest absolute Gasteiger partial charge is 0.507 e. The molecule has 0 radical (unpaired) electrons. The summed E-state index contributed by atoms with van der Waals surface area (Å²) < 4.78 is 0. The van der Waals surface area contributed by atoms with Crippen LogP contribution in [0.5, 0.6) is 5.75 Å². The zero-order valence-corrected chi connectivity index (χ0v) is 14.3. The van der Waals surface area contributed by atoms with E-state index in [1.54, 1.807) is 18.3 Å². The fourth-order valence-corrected chi connectivity index (χ4v) is 3.10. The van der Waals surface area contributed by atoms with Crippen LogP contribution in [0.25, 0.3) is 33.6 Å². The summed E-state index contributed by atoms with van der Waals surface area (Å²) >= 11 is 0. The number of benzene rings is 2. The van der Waals surface area contributed by atoms with Gasteiger partial charge < -0.3 is 5.11 Å². The Labute approximate surface area is 152 Å². The van der Waals surface area contributed by atoms with Crippen LogP contribution in [0.15, 0.2) is 79.0 Å². The van der Waals surface area contributed by atoms with E-state index < -0.39 is 0 Å². The van der Waals surface area contributed by atoms with Crippen molar-refractivity contribution < 1.29 is 5.11 Å². The molecule has 0 atom stereocenters. The van der Waals surface area contributed by atoms with E-state index in [0.29, 0.717) is 11.3 Å². The van der Waals surface area contributed by atoms with Gasteiger partial charge in [0, 0.05) is 28.5 Å². The molecule has 124 valence electrons. The Bertz CT molecular complexity index is 1050. The summed E-state index contributed by atoms with van der Waals surface area (Å²) in [5.41, 5.74) is 5.75. The van der Waals surface area contributed by atoms with Crippen molar-refractivity contribution in [2.24, 2.45) is 0 Å². The van der Waals surface area contributed by atoms with Crippen LogP contribution >= 0.6 is 0 Å². The predicted molar refractivity (Wildman–Crippen MR) is 106 cm³/mol. The summed E-state index contributed by atoms with van der Waals surface area (Å²) in [6, 6.07) is 23.0. The van der Waals surface area contributed by atoms with Gasteiger partial charge in [0.25, 0.3) is 0 Å². The molecule has 0 unspecified atom stereocenters. The van der Waals surface area contributed by atoms with Crippen molar-refractivity contribution in [2.45, 2.75) is 0 Å². The maximum absolute atomic E-state index is 10.4. The molecule has 0 aliphatic rings. The Hall–Kier alpha value is -3.47. The summed E-state index contributed by atoms with van der Waals surface area (Å²) in [4.78, 5) is 4.52. The minimum atomic E-state index is 0.176. The molecule has 0 fully saturated rings. The third-order valence-electron chi connectivity index (χ3n) is 4.29. The average Bonchev–Trinajstić information content (AvgIpc) is 2.70. The second-order valence-corrected chi connectivity index (χ2v) is 5.98. The minimum Gasteiger partial charge on any atom is -0.507 e. The number of phenolic OH excluding ortho intramolecular Hbond substituents is 1. The second-order valence-electron chi connectivity index (χ2n) is 5.98. The summed E-state index contributed by atoms with van der Waals surface area (Å²) in [5.74, 6) is 0.176. The molecule has 26 heavy (non-hydrogen) atoms. The molecular formula is C21H16BN3O. The molecule has 0 saturated carbocycles. The normalized spacial score (nSPS) is 10.6. The summed E-state index contributed by atoms with van der Waals surface area (Å²) in [6.07, 6.45) is 1.77. The Kier molecular flexibility index (Phi) is 4.19. The van der Waals surface area contributed by atoms with Crippen molar-refractivity contribution in [3.63, 3.8) is 0 Å². The zero-order chi connectivity index (χ0) is 17.9. The molecule has 2 heterocycles. The van der Waals surface area contributed by atoms with Crippen LogP contribution in [-0.2, 0) is 0 Å². The number of aromatic nitrogens is 3.